The maximum absolute atomic E-state index is 12.3. The number of nitrogens with one attached hydrogen (secondary N) is 2. The predicted molar refractivity (Wildman–Crippen MR) is 89.7 cm³/mol. The van der Waals surface area contributed by atoms with E-state index in [1.54, 1.807) is 0 Å². The first-order chi connectivity index (χ1) is 12.3. The summed E-state index contributed by atoms with van der Waals surface area (Å²) < 4.78 is 9.77. The van der Waals surface area contributed by atoms with Gasteiger partial charge in [-0.2, -0.15) is 0 Å². The van der Waals surface area contributed by atoms with E-state index in [4.69, 9.17) is 9.47 Å². The van der Waals surface area contributed by atoms with E-state index < -0.39 is 28.7 Å². The van der Waals surface area contributed by atoms with Gasteiger partial charge in [0, 0.05) is 17.3 Å². The molecule has 1 aromatic carbocycles. The molecule has 2 amide bonds. The Bertz CT molecular complexity index is 788. The average molecular weight is 365 g/mol. The molecule has 1 heterocycles. The number of aromatic hydroxyl groups is 1. The van der Waals surface area contributed by atoms with Gasteiger partial charge in [-0.1, -0.05) is 13.3 Å². The van der Waals surface area contributed by atoms with Crippen LogP contribution in [0.3, 0.4) is 0 Å². The molecule has 10 heteroatoms. The Morgan fingerprint density at radius 3 is 2.62 bits per heavy atom. The van der Waals surface area contributed by atoms with E-state index in [-0.39, 0.29) is 22.6 Å². The molecule has 26 heavy (non-hydrogen) atoms. The van der Waals surface area contributed by atoms with Crippen LogP contribution in [0.2, 0.25) is 0 Å². The third-order valence-electron chi connectivity index (χ3n) is 3.89. The molecule has 0 spiro atoms. The number of ether oxygens (including phenoxy) is 2. The molecule has 1 unspecified atom stereocenters. The summed E-state index contributed by atoms with van der Waals surface area (Å²) in [7, 11) is 2.42. The molecular weight excluding hydrogens is 346 g/mol. The van der Waals surface area contributed by atoms with Gasteiger partial charge in [-0.25, -0.2) is 9.59 Å². The van der Waals surface area contributed by atoms with Crippen LogP contribution in [0.1, 0.15) is 31.4 Å². The Labute approximate surface area is 148 Å². The van der Waals surface area contributed by atoms with E-state index in [1.165, 1.54) is 14.2 Å². The molecule has 0 aliphatic carbocycles. The molecule has 0 radical (unpaired) electrons. The van der Waals surface area contributed by atoms with Crippen LogP contribution in [0.15, 0.2) is 23.4 Å². The molecule has 0 bridgehead atoms. The highest BCUT2D eigenvalue weighted by Crippen LogP contribution is 2.41. The second-order valence-electron chi connectivity index (χ2n) is 5.51. The van der Waals surface area contributed by atoms with Crippen molar-refractivity contribution in [1.29, 1.82) is 0 Å². The van der Waals surface area contributed by atoms with E-state index in [9.17, 15) is 24.8 Å². The highest BCUT2D eigenvalue weighted by atomic mass is 16.6. The fraction of sp³-hybridized carbons (Fsp3) is 0.375. The van der Waals surface area contributed by atoms with Crippen LogP contribution in [-0.2, 0) is 9.53 Å². The lowest BCUT2D eigenvalue weighted by Gasteiger charge is -2.29. The summed E-state index contributed by atoms with van der Waals surface area (Å²) >= 11 is 0. The zero-order valence-electron chi connectivity index (χ0n) is 14.5. The first kappa shape index (κ1) is 19.0. The van der Waals surface area contributed by atoms with E-state index in [0.717, 1.165) is 12.1 Å². The van der Waals surface area contributed by atoms with Crippen LogP contribution in [0.4, 0.5) is 10.5 Å². The quantitative estimate of drug-likeness (QED) is 0.397. The van der Waals surface area contributed by atoms with E-state index in [1.807, 2.05) is 6.92 Å². The fourth-order valence-corrected chi connectivity index (χ4v) is 2.74. The van der Waals surface area contributed by atoms with Crippen LogP contribution in [0.5, 0.6) is 11.5 Å². The molecule has 1 aliphatic heterocycles. The molecule has 0 saturated carbocycles. The number of rotatable bonds is 6. The Morgan fingerprint density at radius 1 is 1.38 bits per heavy atom. The van der Waals surface area contributed by atoms with Crippen molar-refractivity contribution in [3.63, 3.8) is 0 Å². The summed E-state index contributed by atoms with van der Waals surface area (Å²) in [6.07, 6.45) is 1.01. The number of benzene rings is 1. The number of esters is 1. The summed E-state index contributed by atoms with van der Waals surface area (Å²) in [5, 5.41) is 26.7. The fourth-order valence-electron chi connectivity index (χ4n) is 2.74. The number of hydrogen-bond donors (Lipinski definition) is 3. The van der Waals surface area contributed by atoms with E-state index >= 15 is 0 Å². The number of carbonyl (C=O) groups excluding carboxylic acids is 2. The number of nitro benzene ring substituents is 1. The maximum Gasteiger partial charge on any atom is 0.337 e. The third-order valence-corrected chi connectivity index (χ3v) is 3.89. The summed E-state index contributed by atoms with van der Waals surface area (Å²) in [5.74, 6) is -1.29. The molecule has 10 nitrogen and oxygen atoms in total. The monoisotopic (exact) mass is 365 g/mol. The Hall–Kier alpha value is -3.30. The van der Waals surface area contributed by atoms with Crippen molar-refractivity contribution in [2.24, 2.45) is 0 Å². The van der Waals surface area contributed by atoms with Gasteiger partial charge in [-0.3, -0.25) is 10.1 Å². The zero-order valence-corrected chi connectivity index (χ0v) is 14.5. The number of non-ortho nitro benzene ring substituents is 1. The minimum absolute atomic E-state index is 0.0418. The Balaban J connectivity index is 2.72. The predicted octanol–water partition coefficient (Wildman–Crippen LogP) is 1.89. The van der Waals surface area contributed by atoms with Crippen molar-refractivity contribution >= 4 is 17.7 Å². The zero-order chi connectivity index (χ0) is 19.4. The largest absolute Gasteiger partial charge is 0.504 e. The lowest BCUT2D eigenvalue weighted by atomic mass is 9.92. The number of nitro groups is 1. The Kier molecular flexibility index (Phi) is 5.65. The van der Waals surface area contributed by atoms with Crippen molar-refractivity contribution in [1.82, 2.24) is 10.6 Å². The van der Waals surface area contributed by atoms with Crippen molar-refractivity contribution in [2.45, 2.75) is 25.8 Å². The van der Waals surface area contributed by atoms with Gasteiger partial charge < -0.3 is 25.2 Å². The van der Waals surface area contributed by atoms with Crippen LogP contribution < -0.4 is 15.4 Å². The number of phenols is 1. The molecule has 1 aliphatic rings. The highest BCUT2D eigenvalue weighted by Gasteiger charge is 2.36. The summed E-state index contributed by atoms with van der Waals surface area (Å²) in [6, 6.07) is 0.402. The molecular formula is C16H19N3O7. The lowest BCUT2D eigenvalue weighted by Crippen LogP contribution is -2.45. The van der Waals surface area contributed by atoms with Gasteiger partial charge in [0.2, 0.25) is 0 Å². The second-order valence-corrected chi connectivity index (χ2v) is 5.51. The molecule has 0 saturated heterocycles. The first-order valence-electron chi connectivity index (χ1n) is 7.78. The number of nitrogens with zero attached hydrogens (tertiary/aromatic N) is 1. The lowest BCUT2D eigenvalue weighted by molar-refractivity contribution is -0.385. The minimum Gasteiger partial charge on any atom is -0.504 e. The smallest absolute Gasteiger partial charge is 0.337 e. The molecule has 0 fully saturated rings. The summed E-state index contributed by atoms with van der Waals surface area (Å²) in [4.78, 5) is 34.8. The number of phenolic OH excluding ortho intramolecular Hbond substituents is 1. The minimum atomic E-state index is -1.13. The SMILES string of the molecule is CCCC1=C(C(=O)OC)C(c2cc([N+](=O)[O-])cc(OC)c2O)NC(=O)N1. The number of amides is 2. The third kappa shape index (κ3) is 3.53. The summed E-state index contributed by atoms with van der Waals surface area (Å²) in [6.45, 7) is 1.86. The highest BCUT2D eigenvalue weighted by molar-refractivity contribution is 5.95. The number of methoxy groups -OCH3 is 2. The molecule has 3 N–H and O–H groups in total. The van der Waals surface area contributed by atoms with E-state index in [2.05, 4.69) is 10.6 Å². The molecule has 1 aromatic rings. The molecule has 0 aromatic heterocycles. The van der Waals surface area contributed by atoms with E-state index in [0.29, 0.717) is 18.5 Å². The first-order valence-corrected chi connectivity index (χ1v) is 7.78. The van der Waals surface area contributed by atoms with Crippen LogP contribution in [0, 0.1) is 10.1 Å². The van der Waals surface area contributed by atoms with Gasteiger partial charge in [0.25, 0.3) is 5.69 Å². The van der Waals surface area contributed by atoms with Gasteiger partial charge in [-0.15, -0.1) is 0 Å². The molecule has 2 rings (SSSR count). The Morgan fingerprint density at radius 2 is 2.08 bits per heavy atom. The topological polar surface area (TPSA) is 140 Å². The number of carbonyl (C=O) groups is 2. The number of urea groups is 1. The van der Waals surface area contributed by atoms with Gasteiger partial charge in [0.05, 0.1) is 36.8 Å². The second kappa shape index (κ2) is 7.72. The summed E-state index contributed by atoms with van der Waals surface area (Å²) in [5.41, 5.74) is -0.00614. The van der Waals surface area contributed by atoms with Crippen LogP contribution >= 0.6 is 0 Å². The van der Waals surface area contributed by atoms with Gasteiger partial charge in [0.15, 0.2) is 11.5 Å². The van der Waals surface area contributed by atoms with Gasteiger partial charge >= 0.3 is 12.0 Å². The van der Waals surface area contributed by atoms with Crippen LogP contribution in [0.25, 0.3) is 0 Å². The van der Waals surface area contributed by atoms with Crippen molar-refractivity contribution in [3.05, 3.63) is 39.1 Å². The number of hydrogen-bond acceptors (Lipinski definition) is 7. The van der Waals surface area contributed by atoms with Crippen LogP contribution in [-0.4, -0.2) is 36.2 Å². The molecule has 140 valence electrons. The number of allylic oxidation sites excluding steroid dienone is 1. The average Bonchev–Trinajstić information content (AvgIpc) is 2.60. The maximum atomic E-state index is 12.3. The normalized spacial score (nSPS) is 16.6. The van der Waals surface area contributed by atoms with Crippen molar-refractivity contribution in [2.75, 3.05) is 14.2 Å². The molecule has 1 atom stereocenters. The van der Waals surface area contributed by atoms with Crippen molar-refractivity contribution < 1.29 is 29.1 Å². The van der Waals surface area contributed by atoms with Gasteiger partial charge in [0.1, 0.15) is 0 Å². The van der Waals surface area contributed by atoms with Gasteiger partial charge in [-0.05, 0) is 6.42 Å². The van der Waals surface area contributed by atoms with Crippen molar-refractivity contribution in [3.8, 4) is 11.5 Å². The standard InChI is InChI=1S/C16H19N3O7/c1-4-5-10-12(15(21)26-3)13(18-16(22)17-10)9-6-8(19(23)24)7-11(25-2)14(9)20/h6-7,13,20H,4-5H2,1-3H3,(H2,17,18,22).